The van der Waals surface area contributed by atoms with Gasteiger partial charge in [0.25, 0.3) is 0 Å². The molecule has 1 aliphatic carbocycles. The van der Waals surface area contributed by atoms with Gasteiger partial charge in [-0.05, 0) is 25.7 Å². The van der Waals surface area contributed by atoms with Gasteiger partial charge in [-0.2, -0.15) is 0 Å². The van der Waals surface area contributed by atoms with Gasteiger partial charge in [-0.15, -0.1) is 12.4 Å². The first-order valence-electron chi connectivity index (χ1n) is 4.21. The van der Waals surface area contributed by atoms with Crippen LogP contribution >= 0.6 is 12.4 Å². The Labute approximate surface area is 79.3 Å². The highest BCUT2D eigenvalue weighted by molar-refractivity contribution is 5.85. The molecule has 0 heterocycles. The highest BCUT2D eigenvalue weighted by Gasteiger charge is 2.16. The van der Waals surface area contributed by atoms with Crippen molar-refractivity contribution in [2.24, 2.45) is 0 Å². The number of rotatable bonds is 1. The predicted octanol–water partition coefficient (Wildman–Crippen LogP) is 2.10. The monoisotopic (exact) mass is 193 g/mol. The zero-order chi connectivity index (χ0) is 8.10. The Morgan fingerprint density at radius 3 is 2.42 bits per heavy atom. The predicted molar refractivity (Wildman–Crippen MR) is 49.7 cm³/mol. The Kier molecular flexibility index (Phi) is 5.89. The lowest BCUT2D eigenvalue weighted by atomic mass is 9.98. The second kappa shape index (κ2) is 6.12. The first kappa shape index (κ1) is 11.6. The van der Waals surface area contributed by atoms with Gasteiger partial charge < -0.3 is 10.1 Å². The third-order valence-electron chi connectivity index (χ3n) is 2.03. The number of ether oxygens (including phenoxy) is 1. The summed E-state index contributed by atoms with van der Waals surface area (Å²) in [5.74, 6) is 0. The smallest absolute Gasteiger partial charge is 0.407 e. The Morgan fingerprint density at radius 1 is 1.33 bits per heavy atom. The van der Waals surface area contributed by atoms with Crippen LogP contribution in [0.2, 0.25) is 0 Å². The summed E-state index contributed by atoms with van der Waals surface area (Å²) in [7, 11) is 1.59. The minimum Gasteiger partial charge on any atom is -0.446 e. The fraction of sp³-hybridized carbons (Fsp3) is 0.875. The number of alkyl carbamates (subject to hydrolysis) is 1. The molecule has 4 heteroatoms. The summed E-state index contributed by atoms with van der Waals surface area (Å²) in [5.41, 5.74) is 0. The van der Waals surface area contributed by atoms with Crippen LogP contribution in [0.3, 0.4) is 0 Å². The largest absolute Gasteiger partial charge is 0.446 e. The van der Waals surface area contributed by atoms with Crippen LogP contribution in [0.1, 0.15) is 32.1 Å². The lowest BCUT2D eigenvalue weighted by Crippen LogP contribution is -2.27. The summed E-state index contributed by atoms with van der Waals surface area (Å²) in [6.45, 7) is 0. The third-order valence-corrected chi connectivity index (χ3v) is 2.03. The molecule has 1 amide bonds. The Bertz CT molecular complexity index is 135. The second-order valence-electron chi connectivity index (χ2n) is 2.92. The van der Waals surface area contributed by atoms with E-state index in [1.165, 1.54) is 19.3 Å². The number of amides is 1. The molecule has 3 nitrogen and oxygen atoms in total. The van der Waals surface area contributed by atoms with E-state index < -0.39 is 0 Å². The van der Waals surface area contributed by atoms with E-state index in [-0.39, 0.29) is 24.6 Å². The second-order valence-corrected chi connectivity index (χ2v) is 2.92. The van der Waals surface area contributed by atoms with E-state index in [9.17, 15) is 4.79 Å². The molecule has 0 aromatic rings. The SMILES string of the molecule is CNC(=O)OC1CCCCC1.Cl. The van der Waals surface area contributed by atoms with Crippen molar-refractivity contribution in [1.82, 2.24) is 5.32 Å². The first-order valence-corrected chi connectivity index (χ1v) is 4.21. The number of nitrogens with one attached hydrogen (secondary N) is 1. The van der Waals surface area contributed by atoms with Crippen molar-refractivity contribution in [3.8, 4) is 0 Å². The van der Waals surface area contributed by atoms with Crippen LogP contribution in [-0.4, -0.2) is 19.2 Å². The van der Waals surface area contributed by atoms with Gasteiger partial charge in [0.1, 0.15) is 6.10 Å². The molecule has 12 heavy (non-hydrogen) atoms. The number of halogens is 1. The highest BCUT2D eigenvalue weighted by atomic mass is 35.5. The number of hydrogen-bond donors (Lipinski definition) is 1. The maximum Gasteiger partial charge on any atom is 0.407 e. The maximum atomic E-state index is 10.7. The van der Waals surface area contributed by atoms with Gasteiger partial charge in [-0.3, -0.25) is 0 Å². The van der Waals surface area contributed by atoms with Gasteiger partial charge in [-0.1, -0.05) is 6.42 Å². The third kappa shape index (κ3) is 3.81. The van der Waals surface area contributed by atoms with E-state index in [2.05, 4.69) is 5.32 Å². The highest BCUT2D eigenvalue weighted by Crippen LogP contribution is 2.19. The molecule has 1 fully saturated rings. The van der Waals surface area contributed by atoms with Crippen LogP contribution in [0.15, 0.2) is 0 Å². The molecule has 0 spiro atoms. The van der Waals surface area contributed by atoms with Gasteiger partial charge in [0, 0.05) is 7.05 Å². The van der Waals surface area contributed by atoms with Crippen LogP contribution in [0, 0.1) is 0 Å². The molecule has 1 N–H and O–H groups in total. The van der Waals surface area contributed by atoms with Crippen LogP contribution in [0.25, 0.3) is 0 Å². The molecule has 0 saturated heterocycles. The average Bonchev–Trinajstić information content (AvgIpc) is 2.06. The minimum absolute atomic E-state index is 0. The molecule has 1 rings (SSSR count). The zero-order valence-electron chi connectivity index (χ0n) is 7.34. The van der Waals surface area contributed by atoms with E-state index in [1.54, 1.807) is 7.05 Å². The van der Waals surface area contributed by atoms with E-state index in [4.69, 9.17) is 4.74 Å². The number of carbonyl (C=O) groups excluding carboxylic acids is 1. The maximum absolute atomic E-state index is 10.7. The Hall–Kier alpha value is -0.440. The molecule has 72 valence electrons. The molecule has 0 aliphatic heterocycles. The Morgan fingerprint density at radius 2 is 1.92 bits per heavy atom. The average molecular weight is 194 g/mol. The van der Waals surface area contributed by atoms with E-state index in [0.717, 1.165) is 12.8 Å². The lowest BCUT2D eigenvalue weighted by Gasteiger charge is -2.21. The quantitative estimate of drug-likeness (QED) is 0.693. The van der Waals surface area contributed by atoms with Crippen LogP contribution in [-0.2, 0) is 4.74 Å². The van der Waals surface area contributed by atoms with Crippen molar-refractivity contribution >= 4 is 18.5 Å². The molecule has 0 aromatic carbocycles. The van der Waals surface area contributed by atoms with Crippen LogP contribution < -0.4 is 5.32 Å². The van der Waals surface area contributed by atoms with Crippen molar-refractivity contribution in [3.05, 3.63) is 0 Å². The van der Waals surface area contributed by atoms with Gasteiger partial charge in [0.15, 0.2) is 0 Å². The summed E-state index contributed by atoms with van der Waals surface area (Å²) in [6.07, 6.45) is 5.62. The molecule has 0 radical (unpaired) electrons. The number of carbonyl (C=O) groups is 1. The standard InChI is InChI=1S/C8H15NO2.ClH/c1-9-8(10)11-7-5-3-2-4-6-7;/h7H,2-6H2,1H3,(H,9,10);1H. The van der Waals surface area contributed by atoms with Gasteiger partial charge in [0.2, 0.25) is 0 Å². The van der Waals surface area contributed by atoms with E-state index in [0.29, 0.717) is 0 Å². The van der Waals surface area contributed by atoms with Gasteiger partial charge in [0.05, 0.1) is 0 Å². The minimum atomic E-state index is -0.295. The van der Waals surface area contributed by atoms with Crippen molar-refractivity contribution in [2.45, 2.75) is 38.2 Å². The topological polar surface area (TPSA) is 38.3 Å². The summed E-state index contributed by atoms with van der Waals surface area (Å²) in [4.78, 5) is 10.7. The van der Waals surface area contributed by atoms with Crippen molar-refractivity contribution in [2.75, 3.05) is 7.05 Å². The molecule has 0 atom stereocenters. The van der Waals surface area contributed by atoms with E-state index in [1.807, 2.05) is 0 Å². The first-order chi connectivity index (χ1) is 5.33. The van der Waals surface area contributed by atoms with Gasteiger partial charge >= 0.3 is 6.09 Å². The van der Waals surface area contributed by atoms with Crippen molar-refractivity contribution in [1.29, 1.82) is 0 Å². The zero-order valence-corrected chi connectivity index (χ0v) is 8.15. The molecule has 0 unspecified atom stereocenters. The summed E-state index contributed by atoms with van der Waals surface area (Å²) in [6, 6.07) is 0. The lowest BCUT2D eigenvalue weighted by molar-refractivity contribution is 0.0769. The summed E-state index contributed by atoms with van der Waals surface area (Å²) < 4.78 is 5.09. The molecule has 1 saturated carbocycles. The Balaban J connectivity index is 0.00000121. The van der Waals surface area contributed by atoms with Crippen LogP contribution in [0.5, 0.6) is 0 Å². The fourth-order valence-corrected chi connectivity index (χ4v) is 1.39. The number of hydrogen-bond acceptors (Lipinski definition) is 2. The summed E-state index contributed by atoms with van der Waals surface area (Å²) >= 11 is 0. The molecular weight excluding hydrogens is 178 g/mol. The fourth-order valence-electron chi connectivity index (χ4n) is 1.39. The normalized spacial score (nSPS) is 17.8. The van der Waals surface area contributed by atoms with Gasteiger partial charge in [-0.25, -0.2) is 4.79 Å². The van der Waals surface area contributed by atoms with Crippen LogP contribution in [0.4, 0.5) is 4.79 Å². The van der Waals surface area contributed by atoms with E-state index >= 15 is 0 Å². The molecule has 1 aliphatic rings. The van der Waals surface area contributed by atoms with Crippen molar-refractivity contribution in [3.63, 3.8) is 0 Å². The van der Waals surface area contributed by atoms with Crippen molar-refractivity contribution < 1.29 is 9.53 Å². The summed E-state index contributed by atoms with van der Waals surface area (Å²) in [5, 5.41) is 2.45. The molecule has 0 bridgehead atoms. The molecular formula is C8H16ClNO2. The molecule has 0 aromatic heterocycles.